The lowest BCUT2D eigenvalue weighted by atomic mass is 10.1. The average molecular weight is 201 g/mol. The molecule has 0 heterocycles. The first-order valence-electron chi connectivity index (χ1n) is 5.11. The predicted molar refractivity (Wildman–Crippen MR) is 54.5 cm³/mol. The topological polar surface area (TPSA) is 27.0 Å². The van der Waals surface area contributed by atoms with Crippen LogP contribution >= 0.6 is 11.6 Å². The highest BCUT2D eigenvalue weighted by atomic mass is 35.5. The first-order valence-corrected chi connectivity index (χ1v) is 5.64. The molecular formula is C10H17ClN2. The van der Waals surface area contributed by atoms with E-state index in [1.54, 1.807) is 0 Å². The molecular weight excluding hydrogens is 184 g/mol. The summed E-state index contributed by atoms with van der Waals surface area (Å²) in [5.74, 6) is 0.560. The molecule has 3 heteroatoms. The molecule has 74 valence electrons. The van der Waals surface area contributed by atoms with Crippen molar-refractivity contribution < 1.29 is 0 Å². The Morgan fingerprint density at radius 2 is 1.85 bits per heavy atom. The van der Waals surface area contributed by atoms with Gasteiger partial charge in [-0.2, -0.15) is 5.26 Å². The molecule has 0 bridgehead atoms. The largest absolute Gasteiger partial charge is 0.306 e. The molecule has 0 aromatic heterocycles. The van der Waals surface area contributed by atoms with Crippen LogP contribution in [0.2, 0.25) is 0 Å². The molecule has 0 aliphatic heterocycles. The highest BCUT2D eigenvalue weighted by molar-refractivity contribution is 6.18. The van der Waals surface area contributed by atoms with Crippen LogP contribution in [0.3, 0.4) is 0 Å². The maximum atomic E-state index is 8.92. The van der Waals surface area contributed by atoms with Gasteiger partial charge in [-0.1, -0.05) is 25.7 Å². The average Bonchev–Trinajstić information content (AvgIpc) is 2.42. The van der Waals surface area contributed by atoms with Crippen LogP contribution in [0.1, 0.15) is 38.5 Å². The molecule has 1 fully saturated rings. The lowest BCUT2D eigenvalue weighted by Crippen LogP contribution is -2.32. The minimum atomic E-state index is 0.464. The summed E-state index contributed by atoms with van der Waals surface area (Å²) in [4.78, 5) is 1.86. The number of hydrogen-bond acceptors (Lipinski definition) is 2. The fourth-order valence-corrected chi connectivity index (χ4v) is 2.16. The van der Waals surface area contributed by atoms with Crippen molar-refractivity contribution in [3.05, 3.63) is 0 Å². The standard InChI is InChI=1S/C10H17ClN2/c11-7-8-13(9-12)10-5-3-1-2-4-6-10/h10H,1-8H2. The third-order valence-electron chi connectivity index (χ3n) is 2.72. The highest BCUT2D eigenvalue weighted by Gasteiger charge is 2.17. The summed E-state index contributed by atoms with van der Waals surface area (Å²) in [5, 5.41) is 8.92. The Morgan fingerprint density at radius 3 is 2.31 bits per heavy atom. The van der Waals surface area contributed by atoms with E-state index in [1.165, 1.54) is 38.5 Å². The van der Waals surface area contributed by atoms with Crippen LogP contribution < -0.4 is 0 Å². The number of nitrogens with zero attached hydrogens (tertiary/aromatic N) is 2. The van der Waals surface area contributed by atoms with Crippen LogP contribution in [0.25, 0.3) is 0 Å². The Kier molecular flexibility index (Phi) is 5.00. The normalized spacial score (nSPS) is 19.1. The fraction of sp³-hybridized carbons (Fsp3) is 0.900. The van der Waals surface area contributed by atoms with Gasteiger partial charge in [-0.05, 0) is 12.8 Å². The molecule has 0 radical (unpaired) electrons. The van der Waals surface area contributed by atoms with Gasteiger partial charge in [0.05, 0.1) is 0 Å². The Morgan fingerprint density at radius 1 is 1.23 bits per heavy atom. The molecule has 1 saturated carbocycles. The Hall–Kier alpha value is -0.420. The van der Waals surface area contributed by atoms with E-state index in [1.807, 2.05) is 4.90 Å². The summed E-state index contributed by atoms with van der Waals surface area (Å²) in [7, 11) is 0. The number of alkyl halides is 1. The van der Waals surface area contributed by atoms with Crippen LogP contribution in [-0.2, 0) is 0 Å². The first kappa shape index (κ1) is 10.7. The van der Waals surface area contributed by atoms with Crippen LogP contribution in [0.4, 0.5) is 0 Å². The molecule has 2 nitrogen and oxygen atoms in total. The van der Waals surface area contributed by atoms with E-state index in [2.05, 4.69) is 6.19 Å². The predicted octanol–water partition coefficient (Wildman–Crippen LogP) is 2.73. The van der Waals surface area contributed by atoms with E-state index >= 15 is 0 Å². The maximum absolute atomic E-state index is 8.92. The molecule has 0 saturated heterocycles. The van der Waals surface area contributed by atoms with E-state index in [9.17, 15) is 0 Å². The molecule has 0 atom stereocenters. The minimum Gasteiger partial charge on any atom is -0.306 e. The highest BCUT2D eigenvalue weighted by Crippen LogP contribution is 2.21. The summed E-state index contributed by atoms with van der Waals surface area (Å²) in [5.41, 5.74) is 0. The first-order chi connectivity index (χ1) is 6.38. The lowest BCUT2D eigenvalue weighted by Gasteiger charge is -2.24. The number of hydrogen-bond donors (Lipinski definition) is 0. The SMILES string of the molecule is N#CN(CCCl)C1CCCCCC1. The van der Waals surface area contributed by atoms with Gasteiger partial charge < -0.3 is 4.90 Å². The van der Waals surface area contributed by atoms with Gasteiger partial charge in [0.1, 0.15) is 0 Å². The Bertz CT molecular complexity index is 168. The zero-order chi connectivity index (χ0) is 9.52. The van der Waals surface area contributed by atoms with Crippen molar-refractivity contribution in [1.29, 1.82) is 5.26 Å². The second kappa shape index (κ2) is 6.10. The zero-order valence-electron chi connectivity index (χ0n) is 8.01. The van der Waals surface area contributed by atoms with E-state index in [0.29, 0.717) is 18.5 Å². The second-order valence-corrected chi connectivity index (χ2v) is 4.01. The van der Waals surface area contributed by atoms with Crippen LogP contribution in [-0.4, -0.2) is 23.4 Å². The Labute approximate surface area is 85.5 Å². The smallest absolute Gasteiger partial charge is 0.179 e. The van der Waals surface area contributed by atoms with Gasteiger partial charge in [0.2, 0.25) is 0 Å². The summed E-state index contributed by atoms with van der Waals surface area (Å²) in [6.45, 7) is 0.711. The van der Waals surface area contributed by atoms with Crippen molar-refractivity contribution >= 4 is 11.6 Å². The van der Waals surface area contributed by atoms with Gasteiger partial charge in [0.25, 0.3) is 0 Å². The molecule has 0 aromatic carbocycles. The van der Waals surface area contributed by atoms with E-state index in [4.69, 9.17) is 16.9 Å². The molecule has 13 heavy (non-hydrogen) atoms. The molecule has 0 unspecified atom stereocenters. The second-order valence-electron chi connectivity index (χ2n) is 3.63. The van der Waals surface area contributed by atoms with E-state index in [-0.39, 0.29) is 0 Å². The van der Waals surface area contributed by atoms with Crippen molar-refractivity contribution in [2.75, 3.05) is 12.4 Å². The molecule has 0 aromatic rings. The van der Waals surface area contributed by atoms with Crippen molar-refractivity contribution in [1.82, 2.24) is 4.90 Å². The summed E-state index contributed by atoms with van der Waals surface area (Å²) < 4.78 is 0. The van der Waals surface area contributed by atoms with E-state index in [0.717, 1.165) is 0 Å². The lowest BCUT2D eigenvalue weighted by molar-refractivity contribution is 0.276. The third-order valence-corrected chi connectivity index (χ3v) is 2.89. The van der Waals surface area contributed by atoms with Crippen LogP contribution in [0, 0.1) is 11.5 Å². The summed E-state index contributed by atoms with van der Waals surface area (Å²) >= 11 is 5.64. The molecule has 1 aliphatic rings. The molecule has 0 N–H and O–H groups in total. The maximum Gasteiger partial charge on any atom is 0.179 e. The van der Waals surface area contributed by atoms with Crippen molar-refractivity contribution in [3.8, 4) is 6.19 Å². The van der Waals surface area contributed by atoms with Crippen molar-refractivity contribution in [2.45, 2.75) is 44.6 Å². The van der Waals surface area contributed by atoms with Crippen LogP contribution in [0.15, 0.2) is 0 Å². The molecule has 0 spiro atoms. The third kappa shape index (κ3) is 3.44. The minimum absolute atomic E-state index is 0.464. The van der Waals surface area contributed by atoms with Crippen LogP contribution in [0.5, 0.6) is 0 Å². The summed E-state index contributed by atoms with van der Waals surface area (Å²) in [6.07, 6.45) is 9.79. The quantitative estimate of drug-likeness (QED) is 0.303. The van der Waals surface area contributed by atoms with Gasteiger partial charge in [0.15, 0.2) is 6.19 Å². The van der Waals surface area contributed by atoms with Crippen molar-refractivity contribution in [2.24, 2.45) is 0 Å². The van der Waals surface area contributed by atoms with E-state index < -0.39 is 0 Å². The van der Waals surface area contributed by atoms with Gasteiger partial charge >= 0.3 is 0 Å². The molecule has 1 aliphatic carbocycles. The summed E-state index contributed by atoms with van der Waals surface area (Å²) in [6, 6.07) is 0.464. The van der Waals surface area contributed by atoms with Gasteiger partial charge in [-0.3, -0.25) is 0 Å². The van der Waals surface area contributed by atoms with Gasteiger partial charge in [-0.25, -0.2) is 0 Å². The zero-order valence-corrected chi connectivity index (χ0v) is 8.76. The Balaban J connectivity index is 2.41. The monoisotopic (exact) mass is 200 g/mol. The van der Waals surface area contributed by atoms with Gasteiger partial charge in [-0.15, -0.1) is 11.6 Å². The molecule has 1 rings (SSSR count). The van der Waals surface area contributed by atoms with Crippen molar-refractivity contribution in [3.63, 3.8) is 0 Å². The fourth-order valence-electron chi connectivity index (χ4n) is 1.97. The van der Waals surface area contributed by atoms with Gasteiger partial charge in [0, 0.05) is 18.5 Å². The number of nitriles is 1. The molecule has 0 amide bonds. The number of rotatable bonds is 3. The number of halogens is 1.